The summed E-state index contributed by atoms with van der Waals surface area (Å²) in [6.07, 6.45) is 8.16. The number of aliphatic hydroxyl groups excluding tert-OH is 1. The van der Waals surface area contributed by atoms with Gasteiger partial charge in [0.1, 0.15) is 17.6 Å². The van der Waals surface area contributed by atoms with Crippen molar-refractivity contribution in [2.24, 2.45) is 11.8 Å². The van der Waals surface area contributed by atoms with E-state index in [9.17, 15) is 19.5 Å². The summed E-state index contributed by atoms with van der Waals surface area (Å²) in [5, 5.41) is 10.7. The minimum atomic E-state index is -1.40. The van der Waals surface area contributed by atoms with Crippen molar-refractivity contribution in [2.45, 2.75) is 50.5 Å². The molecule has 208 valence electrons. The highest BCUT2D eigenvalue weighted by atomic mass is 16.6. The van der Waals surface area contributed by atoms with Gasteiger partial charge in [-0.3, -0.25) is 14.4 Å². The van der Waals surface area contributed by atoms with Crippen LogP contribution in [0.2, 0.25) is 0 Å². The predicted octanol–water partition coefficient (Wildman–Crippen LogP) is 3.41. The summed E-state index contributed by atoms with van der Waals surface area (Å²) in [5.41, 5.74) is 1.98. The van der Waals surface area contributed by atoms with Crippen LogP contribution in [0.15, 0.2) is 72.8 Å². The summed E-state index contributed by atoms with van der Waals surface area (Å²) < 4.78 is 12.3. The molecule has 8 nitrogen and oxygen atoms in total. The standard InChI is InChI=1S/C32H34N2O6/c1-20-13-14-21(2)23(18-20)33-16-9-15-32-27(26-25(40-32)12-7-4-8-17-39-31(26)38)29(36)34(28(32)30(33)37)24(19-35)22-10-5-3-6-11-22/h3,5-7,9-15,18,24-28,35H,4,8,16-17,19H2,1-2H3/b12-7-/t24-,25-,26+,27+,28?,32+/m1/s1. The van der Waals surface area contributed by atoms with Gasteiger partial charge in [0.25, 0.3) is 5.91 Å². The van der Waals surface area contributed by atoms with E-state index >= 15 is 0 Å². The van der Waals surface area contributed by atoms with Crippen LogP contribution in [-0.2, 0) is 23.9 Å². The number of aryl methyl sites for hydroxylation is 2. The van der Waals surface area contributed by atoms with Gasteiger partial charge in [0.05, 0.1) is 31.3 Å². The maximum absolute atomic E-state index is 14.7. The lowest BCUT2D eigenvalue weighted by atomic mass is 9.78. The molecule has 2 aromatic rings. The van der Waals surface area contributed by atoms with E-state index in [1.54, 1.807) is 4.90 Å². The molecule has 0 saturated carbocycles. The molecule has 2 aromatic carbocycles. The summed E-state index contributed by atoms with van der Waals surface area (Å²) in [4.78, 5) is 45.8. The van der Waals surface area contributed by atoms with E-state index in [-0.39, 0.29) is 19.1 Å². The first kappa shape index (κ1) is 26.5. The monoisotopic (exact) mass is 542 g/mol. The highest BCUT2D eigenvalue weighted by Crippen LogP contribution is 2.55. The van der Waals surface area contributed by atoms with Gasteiger partial charge >= 0.3 is 5.97 Å². The molecule has 40 heavy (non-hydrogen) atoms. The summed E-state index contributed by atoms with van der Waals surface area (Å²) >= 11 is 0. The van der Waals surface area contributed by atoms with Crippen molar-refractivity contribution in [1.29, 1.82) is 0 Å². The minimum absolute atomic E-state index is 0.256. The highest BCUT2D eigenvalue weighted by molar-refractivity contribution is 6.06. The molecule has 1 spiro atoms. The first-order valence-corrected chi connectivity index (χ1v) is 13.9. The van der Waals surface area contributed by atoms with Crippen molar-refractivity contribution in [3.63, 3.8) is 0 Å². The molecule has 4 aliphatic rings. The maximum atomic E-state index is 14.7. The van der Waals surface area contributed by atoms with E-state index in [1.807, 2.05) is 86.7 Å². The van der Waals surface area contributed by atoms with Crippen molar-refractivity contribution >= 4 is 23.5 Å². The van der Waals surface area contributed by atoms with Crippen LogP contribution in [0.5, 0.6) is 0 Å². The molecule has 8 heteroatoms. The molecule has 0 bridgehead atoms. The average Bonchev–Trinajstić information content (AvgIpc) is 3.36. The Balaban J connectivity index is 1.53. The van der Waals surface area contributed by atoms with E-state index in [0.29, 0.717) is 12.0 Å². The Morgan fingerprint density at radius 2 is 1.85 bits per heavy atom. The smallest absolute Gasteiger partial charge is 0.312 e. The first-order chi connectivity index (χ1) is 19.4. The number of cyclic esters (lactones) is 1. The number of anilines is 1. The second-order valence-electron chi connectivity index (χ2n) is 11.1. The Morgan fingerprint density at radius 3 is 2.62 bits per heavy atom. The third-order valence-electron chi connectivity index (χ3n) is 8.64. The SMILES string of the molecule is Cc1ccc(C)c(N2CC=C[C@]34O[C@@H]5/C=C\CCCOC(=O)[C@@H]5[C@H]3C(=O)N([C@H](CO)c3ccccc3)C4C2=O)c1. The summed E-state index contributed by atoms with van der Waals surface area (Å²) in [6.45, 7) is 4.06. The summed E-state index contributed by atoms with van der Waals surface area (Å²) in [6, 6.07) is 13.2. The number of rotatable bonds is 4. The van der Waals surface area contributed by atoms with Crippen molar-refractivity contribution in [3.8, 4) is 0 Å². The van der Waals surface area contributed by atoms with E-state index in [2.05, 4.69) is 0 Å². The van der Waals surface area contributed by atoms with Crippen LogP contribution >= 0.6 is 0 Å². The number of ether oxygens (including phenoxy) is 2. The molecule has 0 aliphatic carbocycles. The molecule has 1 unspecified atom stereocenters. The lowest BCUT2D eigenvalue weighted by molar-refractivity contribution is -0.155. The van der Waals surface area contributed by atoms with E-state index in [4.69, 9.17) is 9.47 Å². The summed E-state index contributed by atoms with van der Waals surface area (Å²) in [5.74, 6) is -3.09. The molecule has 2 amide bonds. The van der Waals surface area contributed by atoms with Crippen molar-refractivity contribution < 1.29 is 29.0 Å². The van der Waals surface area contributed by atoms with E-state index < -0.39 is 54.1 Å². The largest absolute Gasteiger partial charge is 0.465 e. The number of carbonyl (C=O) groups is 3. The third-order valence-corrected chi connectivity index (χ3v) is 8.64. The lowest BCUT2D eigenvalue weighted by Gasteiger charge is -2.39. The zero-order valence-electron chi connectivity index (χ0n) is 22.7. The predicted molar refractivity (Wildman–Crippen MR) is 148 cm³/mol. The van der Waals surface area contributed by atoms with Crippen molar-refractivity contribution in [3.05, 3.63) is 89.5 Å². The number of benzene rings is 2. The zero-order chi connectivity index (χ0) is 28.0. The molecular weight excluding hydrogens is 508 g/mol. The number of hydrogen-bond acceptors (Lipinski definition) is 6. The molecule has 1 N–H and O–H groups in total. The zero-order valence-corrected chi connectivity index (χ0v) is 22.7. The normalized spacial score (nSPS) is 31.3. The van der Waals surface area contributed by atoms with E-state index in [0.717, 1.165) is 23.2 Å². The number of aliphatic hydroxyl groups is 1. The Kier molecular flexibility index (Phi) is 6.84. The number of hydrogen-bond donors (Lipinski definition) is 1. The van der Waals surface area contributed by atoms with Crippen LogP contribution in [-0.4, -0.2) is 65.3 Å². The third kappa shape index (κ3) is 4.09. The quantitative estimate of drug-likeness (QED) is 0.470. The van der Waals surface area contributed by atoms with Gasteiger partial charge in [-0.15, -0.1) is 0 Å². The maximum Gasteiger partial charge on any atom is 0.312 e. The van der Waals surface area contributed by atoms with Crippen LogP contribution in [0.4, 0.5) is 5.69 Å². The molecule has 0 aromatic heterocycles. The van der Waals surface area contributed by atoms with Crippen molar-refractivity contribution in [1.82, 2.24) is 4.90 Å². The Bertz CT molecular complexity index is 1390. The van der Waals surface area contributed by atoms with Crippen LogP contribution in [0.1, 0.15) is 35.6 Å². The number of amides is 2. The highest BCUT2D eigenvalue weighted by Gasteiger charge is 2.72. The number of fused-ring (bicyclic) bond motifs is 2. The van der Waals surface area contributed by atoms with Crippen LogP contribution in [0, 0.1) is 25.7 Å². The Hall–Kier alpha value is -3.75. The molecule has 0 radical (unpaired) electrons. The van der Waals surface area contributed by atoms with E-state index in [1.165, 1.54) is 4.90 Å². The van der Waals surface area contributed by atoms with Crippen LogP contribution < -0.4 is 4.90 Å². The number of allylic oxidation sites excluding steroid dienone is 1. The molecule has 2 saturated heterocycles. The lowest BCUT2D eigenvalue weighted by Crippen LogP contribution is -2.56. The van der Waals surface area contributed by atoms with Gasteiger partial charge in [0.15, 0.2) is 0 Å². The van der Waals surface area contributed by atoms with Gasteiger partial charge in [-0.2, -0.15) is 0 Å². The Morgan fingerprint density at radius 1 is 1.05 bits per heavy atom. The van der Waals surface area contributed by atoms with Crippen LogP contribution in [0.25, 0.3) is 0 Å². The van der Waals surface area contributed by atoms with Gasteiger partial charge in [-0.25, -0.2) is 0 Å². The van der Waals surface area contributed by atoms with Crippen LogP contribution in [0.3, 0.4) is 0 Å². The second-order valence-corrected chi connectivity index (χ2v) is 11.1. The average molecular weight is 543 g/mol. The summed E-state index contributed by atoms with van der Waals surface area (Å²) in [7, 11) is 0. The number of esters is 1. The minimum Gasteiger partial charge on any atom is -0.465 e. The van der Waals surface area contributed by atoms with Crippen molar-refractivity contribution in [2.75, 3.05) is 24.7 Å². The molecule has 6 atom stereocenters. The first-order valence-electron chi connectivity index (χ1n) is 13.9. The number of likely N-dealkylation sites (tertiary alicyclic amines) is 1. The topological polar surface area (TPSA) is 96.4 Å². The van der Waals surface area contributed by atoms with Gasteiger partial charge in [0, 0.05) is 12.2 Å². The fourth-order valence-corrected chi connectivity index (χ4v) is 6.78. The molecule has 4 heterocycles. The van der Waals surface area contributed by atoms with Gasteiger partial charge in [0.2, 0.25) is 5.91 Å². The second kappa shape index (κ2) is 10.3. The number of nitrogens with zero attached hydrogens (tertiary/aromatic N) is 2. The number of carbonyl (C=O) groups excluding carboxylic acids is 3. The fraction of sp³-hybridized carbons (Fsp3) is 0.406. The molecule has 6 rings (SSSR count). The fourth-order valence-electron chi connectivity index (χ4n) is 6.78. The van der Waals surface area contributed by atoms with Gasteiger partial charge in [-0.05, 0) is 49.4 Å². The molecule has 2 fully saturated rings. The van der Waals surface area contributed by atoms with Gasteiger partial charge in [-0.1, -0.05) is 66.8 Å². The Labute approximate surface area is 233 Å². The molecular formula is C32H34N2O6. The molecule has 4 aliphatic heterocycles. The van der Waals surface area contributed by atoms with Gasteiger partial charge < -0.3 is 24.4 Å².